The first kappa shape index (κ1) is 33.5. The van der Waals surface area contributed by atoms with E-state index in [0.29, 0.717) is 6.61 Å². The number of ether oxygens (including phenoxy) is 1. The van der Waals surface area contributed by atoms with Crippen LogP contribution in [0, 0.1) is 5.82 Å². The quantitative estimate of drug-likeness (QED) is 0.0964. The number of carboxylic acids is 2. The summed E-state index contributed by atoms with van der Waals surface area (Å²) in [6.45, 7) is 2.09. The lowest BCUT2D eigenvalue weighted by molar-refractivity contribution is -0.192. The highest BCUT2D eigenvalue weighted by Gasteiger charge is 2.38. The molecule has 5 rings (SSSR count). The summed E-state index contributed by atoms with van der Waals surface area (Å²) < 4.78 is 51.3. The van der Waals surface area contributed by atoms with Gasteiger partial charge in [-0.1, -0.05) is 48.5 Å². The van der Waals surface area contributed by atoms with Crippen molar-refractivity contribution in [2.75, 3.05) is 18.1 Å². The molecule has 240 valence electrons. The maximum atomic E-state index is 13.5. The van der Waals surface area contributed by atoms with E-state index >= 15 is 0 Å². The van der Waals surface area contributed by atoms with E-state index < -0.39 is 24.0 Å². The van der Waals surface area contributed by atoms with Gasteiger partial charge in [-0.05, 0) is 59.5 Å². The number of carbonyl (C=O) groups is 2. The summed E-state index contributed by atoms with van der Waals surface area (Å²) in [6, 6.07) is 28.1. The van der Waals surface area contributed by atoms with Gasteiger partial charge in [-0.3, -0.25) is 4.79 Å². The van der Waals surface area contributed by atoms with Crippen LogP contribution in [-0.2, 0) is 16.1 Å². The monoisotopic (exact) mass is 637 g/mol. The highest BCUT2D eigenvalue weighted by atomic mass is 19.4. The van der Waals surface area contributed by atoms with Crippen molar-refractivity contribution in [3.63, 3.8) is 0 Å². The van der Waals surface area contributed by atoms with Crippen molar-refractivity contribution in [2.45, 2.75) is 31.5 Å². The van der Waals surface area contributed by atoms with Crippen molar-refractivity contribution in [2.24, 2.45) is 0 Å². The number of benzene rings is 3. The number of carboxylic acid groups (broad SMARTS) is 2. The Hall–Kier alpha value is -5.39. The van der Waals surface area contributed by atoms with Gasteiger partial charge in [0.1, 0.15) is 17.4 Å². The average molecular weight is 638 g/mol. The number of anilines is 1. The number of aromatic nitrogens is 2. The number of alkyl halides is 3. The molecule has 0 saturated heterocycles. The van der Waals surface area contributed by atoms with E-state index in [1.54, 1.807) is 18.3 Å². The summed E-state index contributed by atoms with van der Waals surface area (Å²) in [5.74, 6) is -2.75. The molecule has 12 heteroatoms. The zero-order valence-corrected chi connectivity index (χ0v) is 24.5. The summed E-state index contributed by atoms with van der Waals surface area (Å²) in [6.07, 6.45) is -0.726. The zero-order valence-electron chi connectivity index (χ0n) is 24.5. The Bertz CT molecular complexity index is 1710. The Morgan fingerprint density at radius 1 is 0.935 bits per heavy atom. The Kier molecular flexibility index (Phi) is 11.3. The molecule has 5 aromatic rings. The Morgan fingerprint density at radius 2 is 1.63 bits per heavy atom. The number of H-pyrrole nitrogens is 1. The van der Waals surface area contributed by atoms with Crippen molar-refractivity contribution in [1.82, 2.24) is 9.97 Å². The molecule has 0 amide bonds. The van der Waals surface area contributed by atoms with Crippen LogP contribution in [0.2, 0.25) is 0 Å². The molecular weight excluding hydrogens is 606 g/mol. The van der Waals surface area contributed by atoms with E-state index in [1.807, 2.05) is 60.8 Å². The standard InChI is InChI=1S/C32H30FN3O3.C2HF3O2/c33-25-12-10-24(11-13-25)28(20-32(37)38)29-21-35-30-19-26(14-15-27(29)30)39-18-6-17-36(31-9-4-5-16-34-31)22-23-7-2-1-3-8-23;3-2(4,5)1(6)7/h1-5,7-16,19,21,28,35H,6,17-18,20,22H2,(H,37,38);(H,6,7). The van der Waals surface area contributed by atoms with Gasteiger partial charge in [-0.15, -0.1) is 0 Å². The van der Waals surface area contributed by atoms with Gasteiger partial charge in [0.25, 0.3) is 0 Å². The first-order valence-electron chi connectivity index (χ1n) is 14.2. The van der Waals surface area contributed by atoms with Gasteiger partial charge < -0.3 is 24.8 Å². The summed E-state index contributed by atoms with van der Waals surface area (Å²) in [5.41, 5.74) is 3.70. The van der Waals surface area contributed by atoms with Crippen LogP contribution in [0.3, 0.4) is 0 Å². The van der Waals surface area contributed by atoms with Gasteiger partial charge in [0.2, 0.25) is 0 Å². The molecule has 3 aromatic carbocycles. The van der Waals surface area contributed by atoms with Gasteiger partial charge >= 0.3 is 18.1 Å². The normalized spacial score (nSPS) is 11.7. The summed E-state index contributed by atoms with van der Waals surface area (Å²) in [5, 5.41) is 17.6. The molecule has 0 fully saturated rings. The SMILES string of the molecule is O=C(O)C(F)(F)F.O=C(O)CC(c1ccc(F)cc1)c1c[nH]c2cc(OCCCN(Cc3ccccc3)c3ccccn3)ccc12. The van der Waals surface area contributed by atoms with Gasteiger partial charge in [-0.2, -0.15) is 13.2 Å². The van der Waals surface area contributed by atoms with E-state index in [0.717, 1.165) is 53.1 Å². The number of hydrogen-bond acceptors (Lipinski definition) is 5. The van der Waals surface area contributed by atoms with E-state index in [-0.39, 0.29) is 12.2 Å². The topological polar surface area (TPSA) is 116 Å². The maximum absolute atomic E-state index is 13.5. The second-order valence-electron chi connectivity index (χ2n) is 10.3. The fraction of sp³-hybridized carbons (Fsp3) is 0.206. The van der Waals surface area contributed by atoms with E-state index in [1.165, 1.54) is 17.7 Å². The van der Waals surface area contributed by atoms with Gasteiger partial charge in [0, 0.05) is 48.4 Å². The third-order valence-electron chi connectivity index (χ3n) is 6.98. The van der Waals surface area contributed by atoms with Crippen molar-refractivity contribution in [3.05, 3.63) is 126 Å². The predicted molar refractivity (Wildman–Crippen MR) is 164 cm³/mol. The lowest BCUT2D eigenvalue weighted by Gasteiger charge is -2.24. The number of nitrogens with zero attached hydrogens (tertiary/aromatic N) is 2. The summed E-state index contributed by atoms with van der Waals surface area (Å²) in [7, 11) is 0. The zero-order chi connectivity index (χ0) is 33.1. The highest BCUT2D eigenvalue weighted by molar-refractivity contribution is 5.86. The number of hydrogen-bond donors (Lipinski definition) is 3. The van der Waals surface area contributed by atoms with Crippen molar-refractivity contribution < 1.29 is 42.1 Å². The second-order valence-corrected chi connectivity index (χ2v) is 10.3. The second kappa shape index (κ2) is 15.6. The fourth-order valence-corrected chi connectivity index (χ4v) is 4.85. The molecule has 1 atom stereocenters. The molecule has 1 unspecified atom stereocenters. The Balaban J connectivity index is 0.000000617. The van der Waals surface area contributed by atoms with Crippen molar-refractivity contribution in [3.8, 4) is 5.75 Å². The van der Waals surface area contributed by atoms with Crippen molar-refractivity contribution in [1.29, 1.82) is 0 Å². The molecule has 2 aromatic heterocycles. The number of aliphatic carboxylic acids is 2. The summed E-state index contributed by atoms with van der Waals surface area (Å²) in [4.78, 5) is 30.5. The largest absolute Gasteiger partial charge is 0.493 e. The number of halogens is 4. The lowest BCUT2D eigenvalue weighted by Crippen LogP contribution is -2.26. The molecular formula is C34H31F4N3O5. The Labute approximate surface area is 261 Å². The number of aromatic amines is 1. The van der Waals surface area contributed by atoms with Crippen molar-refractivity contribution >= 4 is 28.7 Å². The average Bonchev–Trinajstić information content (AvgIpc) is 3.45. The van der Waals surface area contributed by atoms with Crippen LogP contribution in [-0.4, -0.2) is 51.4 Å². The highest BCUT2D eigenvalue weighted by Crippen LogP contribution is 2.35. The molecule has 0 aliphatic carbocycles. The van der Waals surface area contributed by atoms with Gasteiger partial charge in [-0.25, -0.2) is 14.2 Å². The van der Waals surface area contributed by atoms with Crippen LogP contribution in [0.4, 0.5) is 23.4 Å². The minimum Gasteiger partial charge on any atom is -0.493 e. The van der Waals surface area contributed by atoms with Gasteiger partial charge in [0.05, 0.1) is 13.0 Å². The molecule has 0 radical (unpaired) electrons. The number of rotatable bonds is 12. The van der Waals surface area contributed by atoms with Crippen LogP contribution in [0.1, 0.15) is 35.4 Å². The smallest absolute Gasteiger partial charge is 0.490 e. The molecule has 46 heavy (non-hydrogen) atoms. The van der Waals surface area contributed by atoms with Crippen LogP contribution in [0.15, 0.2) is 103 Å². The third kappa shape index (κ3) is 9.55. The molecule has 0 aliphatic rings. The fourth-order valence-electron chi connectivity index (χ4n) is 4.85. The van der Waals surface area contributed by atoms with Crippen LogP contribution in [0.5, 0.6) is 5.75 Å². The summed E-state index contributed by atoms with van der Waals surface area (Å²) >= 11 is 0. The lowest BCUT2D eigenvalue weighted by atomic mass is 9.88. The van der Waals surface area contributed by atoms with Gasteiger partial charge in [0.15, 0.2) is 0 Å². The van der Waals surface area contributed by atoms with E-state index in [9.17, 15) is 27.5 Å². The molecule has 0 aliphatic heterocycles. The minimum atomic E-state index is -5.08. The van der Waals surface area contributed by atoms with E-state index in [4.69, 9.17) is 14.6 Å². The van der Waals surface area contributed by atoms with E-state index in [2.05, 4.69) is 27.0 Å². The molecule has 0 saturated carbocycles. The predicted octanol–water partition coefficient (Wildman–Crippen LogP) is 7.42. The van der Waals surface area contributed by atoms with Crippen LogP contribution >= 0.6 is 0 Å². The first-order chi connectivity index (χ1) is 22.0. The number of nitrogens with one attached hydrogen (secondary N) is 1. The Morgan fingerprint density at radius 3 is 2.26 bits per heavy atom. The van der Waals surface area contributed by atoms with Crippen LogP contribution < -0.4 is 9.64 Å². The molecule has 3 N–H and O–H groups in total. The molecule has 8 nitrogen and oxygen atoms in total. The first-order valence-corrected chi connectivity index (χ1v) is 14.2. The molecule has 0 bridgehead atoms. The number of fused-ring (bicyclic) bond motifs is 1. The minimum absolute atomic E-state index is 0.0907. The van der Waals surface area contributed by atoms with Crippen LogP contribution in [0.25, 0.3) is 10.9 Å². The molecule has 0 spiro atoms. The maximum Gasteiger partial charge on any atom is 0.490 e. The third-order valence-corrected chi connectivity index (χ3v) is 6.98. The molecule has 2 heterocycles. The number of pyridine rings is 1.